The zero-order valence-corrected chi connectivity index (χ0v) is 12.5. The molecule has 0 spiro atoms. The van der Waals surface area contributed by atoms with Crippen molar-refractivity contribution in [2.75, 3.05) is 6.54 Å². The van der Waals surface area contributed by atoms with Gasteiger partial charge in [0, 0.05) is 23.6 Å². The summed E-state index contributed by atoms with van der Waals surface area (Å²) < 4.78 is 13.3. The molecule has 0 unspecified atom stereocenters. The monoisotopic (exact) mass is 288 g/mol. The molecule has 1 aromatic heterocycles. The first kappa shape index (κ1) is 14.1. The smallest absolute Gasteiger partial charge is 0.230 e. The van der Waals surface area contributed by atoms with Crippen LogP contribution in [0.15, 0.2) is 24.4 Å². The van der Waals surface area contributed by atoms with E-state index in [1.54, 1.807) is 6.07 Å². The van der Waals surface area contributed by atoms with E-state index >= 15 is 0 Å². The topological polar surface area (TPSA) is 44.9 Å². The molecule has 1 amide bonds. The van der Waals surface area contributed by atoms with Crippen LogP contribution in [0.25, 0.3) is 10.9 Å². The van der Waals surface area contributed by atoms with Crippen LogP contribution < -0.4 is 5.32 Å². The van der Waals surface area contributed by atoms with Crippen molar-refractivity contribution < 1.29 is 9.18 Å². The summed E-state index contributed by atoms with van der Waals surface area (Å²) in [5.74, 6) is 0.423. The van der Waals surface area contributed by atoms with Crippen molar-refractivity contribution >= 4 is 16.8 Å². The minimum atomic E-state index is -0.410. The first-order chi connectivity index (χ1) is 10.0. The zero-order valence-electron chi connectivity index (χ0n) is 12.5. The Labute approximate surface area is 123 Å². The number of H-pyrrole nitrogens is 1. The number of carbonyl (C=O) groups is 1. The molecule has 1 aliphatic rings. The molecule has 112 valence electrons. The maximum Gasteiger partial charge on any atom is 0.230 e. The first-order valence-corrected chi connectivity index (χ1v) is 7.58. The molecular formula is C17H21FN2O. The summed E-state index contributed by atoms with van der Waals surface area (Å²) in [4.78, 5) is 15.6. The van der Waals surface area contributed by atoms with Crippen molar-refractivity contribution in [3.05, 3.63) is 35.8 Å². The van der Waals surface area contributed by atoms with Gasteiger partial charge in [0.15, 0.2) is 0 Å². The minimum absolute atomic E-state index is 0.105. The number of hydrogen-bond donors (Lipinski definition) is 2. The fraction of sp³-hybridized carbons (Fsp3) is 0.471. The van der Waals surface area contributed by atoms with E-state index in [1.165, 1.54) is 12.1 Å². The highest BCUT2D eigenvalue weighted by molar-refractivity contribution is 5.97. The highest BCUT2D eigenvalue weighted by Crippen LogP contribution is 2.50. The second-order valence-electron chi connectivity index (χ2n) is 6.41. The number of aromatic amines is 1. The summed E-state index contributed by atoms with van der Waals surface area (Å²) in [6.07, 6.45) is 4.58. The molecule has 1 saturated carbocycles. The van der Waals surface area contributed by atoms with Crippen molar-refractivity contribution in [1.29, 1.82) is 0 Å². The van der Waals surface area contributed by atoms with E-state index in [0.717, 1.165) is 42.3 Å². The van der Waals surface area contributed by atoms with Gasteiger partial charge in [-0.05, 0) is 48.9 Å². The molecule has 3 rings (SSSR count). The summed E-state index contributed by atoms with van der Waals surface area (Å²) in [7, 11) is 0. The third-order valence-electron chi connectivity index (χ3n) is 4.35. The van der Waals surface area contributed by atoms with Crippen LogP contribution in [0.5, 0.6) is 0 Å². The van der Waals surface area contributed by atoms with Gasteiger partial charge in [-0.15, -0.1) is 0 Å². The van der Waals surface area contributed by atoms with Crippen molar-refractivity contribution in [3.63, 3.8) is 0 Å². The predicted molar refractivity (Wildman–Crippen MR) is 81.6 cm³/mol. The maximum atomic E-state index is 13.3. The van der Waals surface area contributed by atoms with Gasteiger partial charge in [0.2, 0.25) is 5.91 Å². The molecule has 3 nitrogen and oxygen atoms in total. The van der Waals surface area contributed by atoms with Crippen molar-refractivity contribution in [2.24, 2.45) is 5.92 Å². The molecule has 2 N–H and O–H groups in total. The van der Waals surface area contributed by atoms with Crippen LogP contribution in [-0.2, 0) is 10.2 Å². The molecule has 4 heteroatoms. The lowest BCUT2D eigenvalue weighted by Gasteiger charge is -2.15. The van der Waals surface area contributed by atoms with Gasteiger partial charge in [-0.3, -0.25) is 4.79 Å². The van der Waals surface area contributed by atoms with Crippen LogP contribution in [0.2, 0.25) is 0 Å². The fourth-order valence-electron chi connectivity index (χ4n) is 2.88. The van der Waals surface area contributed by atoms with E-state index in [2.05, 4.69) is 24.1 Å². The molecule has 0 atom stereocenters. The number of fused-ring (bicyclic) bond motifs is 1. The molecule has 0 aliphatic heterocycles. The van der Waals surface area contributed by atoms with E-state index in [0.29, 0.717) is 5.92 Å². The molecule has 2 aromatic rings. The van der Waals surface area contributed by atoms with Crippen LogP contribution in [0.3, 0.4) is 0 Å². The van der Waals surface area contributed by atoms with E-state index in [-0.39, 0.29) is 11.7 Å². The average molecular weight is 288 g/mol. The van der Waals surface area contributed by atoms with Crippen LogP contribution >= 0.6 is 0 Å². The summed E-state index contributed by atoms with van der Waals surface area (Å²) >= 11 is 0. The molecule has 1 aromatic carbocycles. The number of rotatable bonds is 5. The van der Waals surface area contributed by atoms with E-state index in [4.69, 9.17) is 0 Å². The molecule has 0 radical (unpaired) electrons. The lowest BCUT2D eigenvalue weighted by molar-refractivity contribution is -0.123. The molecule has 0 saturated heterocycles. The normalized spacial score (nSPS) is 16.4. The lowest BCUT2D eigenvalue weighted by atomic mass is 9.94. The summed E-state index contributed by atoms with van der Waals surface area (Å²) in [6, 6.07) is 4.69. The third kappa shape index (κ3) is 2.55. The highest BCUT2D eigenvalue weighted by atomic mass is 19.1. The highest BCUT2D eigenvalue weighted by Gasteiger charge is 2.52. The Hall–Kier alpha value is -1.84. The Bertz CT molecular complexity index is 670. The average Bonchev–Trinajstić information content (AvgIpc) is 3.13. The van der Waals surface area contributed by atoms with Crippen molar-refractivity contribution in [2.45, 2.75) is 38.5 Å². The Morgan fingerprint density at radius 3 is 2.86 bits per heavy atom. The number of aromatic nitrogens is 1. The number of nitrogens with one attached hydrogen (secondary N) is 2. The number of amides is 1. The minimum Gasteiger partial charge on any atom is -0.361 e. The summed E-state index contributed by atoms with van der Waals surface area (Å²) in [5, 5.41) is 4.01. The van der Waals surface area contributed by atoms with Crippen molar-refractivity contribution in [1.82, 2.24) is 10.3 Å². The van der Waals surface area contributed by atoms with Crippen LogP contribution in [-0.4, -0.2) is 17.4 Å². The molecule has 1 aliphatic carbocycles. The summed E-state index contributed by atoms with van der Waals surface area (Å²) in [5.41, 5.74) is 1.35. The Kier molecular flexibility index (Phi) is 3.47. The lowest BCUT2D eigenvalue weighted by Crippen LogP contribution is -2.35. The Morgan fingerprint density at radius 1 is 1.43 bits per heavy atom. The van der Waals surface area contributed by atoms with Gasteiger partial charge >= 0.3 is 0 Å². The Morgan fingerprint density at radius 2 is 2.19 bits per heavy atom. The molecule has 21 heavy (non-hydrogen) atoms. The predicted octanol–water partition coefficient (Wildman–Crippen LogP) is 3.50. The van der Waals surface area contributed by atoms with Gasteiger partial charge in [-0.1, -0.05) is 13.8 Å². The number of hydrogen-bond acceptors (Lipinski definition) is 1. The fourth-order valence-corrected chi connectivity index (χ4v) is 2.88. The van der Waals surface area contributed by atoms with Crippen LogP contribution in [0.4, 0.5) is 4.39 Å². The van der Waals surface area contributed by atoms with E-state index < -0.39 is 5.41 Å². The van der Waals surface area contributed by atoms with Gasteiger partial charge in [-0.2, -0.15) is 0 Å². The SMILES string of the molecule is CC(C)CCNC(=O)C1(c2c[nH]c3cc(F)ccc23)CC1. The zero-order chi connectivity index (χ0) is 15.0. The number of benzene rings is 1. The second kappa shape index (κ2) is 5.17. The first-order valence-electron chi connectivity index (χ1n) is 7.58. The molecule has 1 heterocycles. The molecule has 0 bridgehead atoms. The Balaban J connectivity index is 1.82. The molecule has 1 fully saturated rings. The van der Waals surface area contributed by atoms with Gasteiger partial charge in [-0.25, -0.2) is 4.39 Å². The van der Waals surface area contributed by atoms with Crippen molar-refractivity contribution in [3.8, 4) is 0 Å². The van der Waals surface area contributed by atoms with Gasteiger partial charge in [0.25, 0.3) is 0 Å². The number of halogens is 1. The number of carbonyl (C=O) groups excluding carboxylic acids is 1. The van der Waals surface area contributed by atoms with Gasteiger partial charge < -0.3 is 10.3 Å². The van der Waals surface area contributed by atoms with E-state index in [9.17, 15) is 9.18 Å². The van der Waals surface area contributed by atoms with Crippen LogP contribution in [0, 0.1) is 11.7 Å². The largest absolute Gasteiger partial charge is 0.361 e. The van der Waals surface area contributed by atoms with E-state index in [1.807, 2.05) is 6.20 Å². The molecular weight excluding hydrogens is 267 g/mol. The maximum absolute atomic E-state index is 13.3. The summed E-state index contributed by atoms with van der Waals surface area (Å²) in [6.45, 7) is 5.01. The standard InChI is InChI=1S/C17H21FN2O/c1-11(2)5-8-19-16(21)17(6-7-17)14-10-20-15-9-12(18)3-4-13(14)15/h3-4,9-11,20H,5-8H2,1-2H3,(H,19,21). The van der Waals surface area contributed by atoms with Gasteiger partial charge in [0.05, 0.1) is 5.41 Å². The van der Waals surface area contributed by atoms with Crippen LogP contribution in [0.1, 0.15) is 38.7 Å². The third-order valence-corrected chi connectivity index (χ3v) is 4.35. The quantitative estimate of drug-likeness (QED) is 0.869. The second-order valence-corrected chi connectivity index (χ2v) is 6.41. The van der Waals surface area contributed by atoms with Gasteiger partial charge in [0.1, 0.15) is 5.82 Å².